The summed E-state index contributed by atoms with van der Waals surface area (Å²) >= 11 is 0. The number of hydrogen-bond acceptors (Lipinski definition) is 6. The van der Waals surface area contributed by atoms with E-state index in [-0.39, 0.29) is 24.2 Å². The van der Waals surface area contributed by atoms with Gasteiger partial charge in [0, 0.05) is 5.56 Å². The normalized spacial score (nSPS) is 11.4. The van der Waals surface area contributed by atoms with Crippen LogP contribution in [0, 0.1) is 0 Å². The Kier molecular flexibility index (Phi) is 9.05. The zero-order valence-electron chi connectivity index (χ0n) is 20.7. The highest BCUT2D eigenvalue weighted by Crippen LogP contribution is 2.27. The number of carbonyl (C=O) groups excluding carboxylic acids is 3. The Hall–Kier alpha value is -4.33. The molecule has 36 heavy (non-hydrogen) atoms. The molecule has 0 fully saturated rings. The molecule has 1 atom stereocenters. The summed E-state index contributed by atoms with van der Waals surface area (Å²) in [5, 5.41) is 5.63. The summed E-state index contributed by atoms with van der Waals surface area (Å²) in [4.78, 5) is 37.1. The maximum absolute atomic E-state index is 12.9. The number of carbonyl (C=O) groups is 3. The van der Waals surface area contributed by atoms with Gasteiger partial charge in [0.25, 0.3) is 11.8 Å². The van der Waals surface area contributed by atoms with Crippen molar-refractivity contribution in [1.82, 2.24) is 0 Å². The molecule has 2 N–H and O–H groups in total. The van der Waals surface area contributed by atoms with Crippen LogP contribution in [0.25, 0.3) is 0 Å². The quantitative estimate of drug-likeness (QED) is 0.282. The van der Waals surface area contributed by atoms with Crippen molar-refractivity contribution in [3.8, 4) is 11.5 Å². The van der Waals surface area contributed by atoms with Crippen LogP contribution in [0.3, 0.4) is 0 Å². The number of para-hydroxylation sites is 3. The smallest absolute Gasteiger partial charge is 0.481 e. The fourth-order valence-corrected chi connectivity index (χ4v) is 3.36. The number of ether oxygens (including phenoxy) is 3. The molecule has 0 saturated heterocycles. The van der Waals surface area contributed by atoms with Crippen LogP contribution in [0.15, 0.2) is 72.8 Å². The second kappa shape index (κ2) is 12.4. The van der Waals surface area contributed by atoms with Crippen LogP contribution in [0.2, 0.25) is 0 Å². The fraction of sp³-hybridized carbons (Fsp3) is 0.250. The number of hydrogen-bond donors (Lipinski definition) is 2. The second-order valence-electron chi connectivity index (χ2n) is 8.25. The van der Waals surface area contributed by atoms with E-state index in [1.165, 1.54) is 24.3 Å². The van der Waals surface area contributed by atoms with Crippen molar-refractivity contribution in [2.45, 2.75) is 39.7 Å². The standard InChI is InChI=1S/C28H30N2O6/c1-5-34-28(33)36-21-16-14-20(15-17-21)27(32)30-24-12-8-7-11-23(24)29-26(31)19(4)35-25-13-9-6-10-22(25)18(2)3/h6-19H,5H2,1-4H3,(H,29,31)(H,30,32). The Morgan fingerprint density at radius 1 is 0.806 bits per heavy atom. The first-order chi connectivity index (χ1) is 17.3. The van der Waals surface area contributed by atoms with Gasteiger partial charge in [-0.25, -0.2) is 4.79 Å². The molecular formula is C28H30N2O6. The summed E-state index contributed by atoms with van der Waals surface area (Å²) in [6.07, 6.45) is -1.58. The van der Waals surface area contributed by atoms with Crippen LogP contribution >= 0.6 is 0 Å². The van der Waals surface area contributed by atoms with E-state index in [1.54, 1.807) is 38.1 Å². The van der Waals surface area contributed by atoms with Gasteiger partial charge in [-0.05, 0) is 67.8 Å². The summed E-state index contributed by atoms with van der Waals surface area (Å²) in [6, 6.07) is 20.5. The van der Waals surface area contributed by atoms with Crippen molar-refractivity contribution in [3.63, 3.8) is 0 Å². The molecule has 0 saturated carbocycles. The summed E-state index contributed by atoms with van der Waals surface area (Å²) in [6.45, 7) is 7.67. The Morgan fingerprint density at radius 2 is 1.42 bits per heavy atom. The molecule has 8 heteroatoms. The third-order valence-electron chi connectivity index (χ3n) is 5.23. The Balaban J connectivity index is 1.65. The first kappa shape index (κ1) is 26.3. The first-order valence-electron chi connectivity index (χ1n) is 11.7. The van der Waals surface area contributed by atoms with E-state index in [0.717, 1.165) is 5.56 Å². The van der Waals surface area contributed by atoms with Gasteiger partial charge < -0.3 is 24.8 Å². The maximum Gasteiger partial charge on any atom is 0.513 e. The van der Waals surface area contributed by atoms with E-state index in [2.05, 4.69) is 24.5 Å². The van der Waals surface area contributed by atoms with E-state index in [1.807, 2.05) is 24.3 Å². The summed E-state index contributed by atoms with van der Waals surface area (Å²) in [5.41, 5.74) is 2.22. The van der Waals surface area contributed by atoms with Gasteiger partial charge in [0.1, 0.15) is 11.5 Å². The van der Waals surface area contributed by atoms with Crippen LogP contribution in [0.1, 0.15) is 49.5 Å². The fourth-order valence-electron chi connectivity index (χ4n) is 3.36. The van der Waals surface area contributed by atoms with Gasteiger partial charge in [-0.15, -0.1) is 0 Å². The van der Waals surface area contributed by atoms with Gasteiger partial charge in [-0.3, -0.25) is 9.59 Å². The van der Waals surface area contributed by atoms with E-state index >= 15 is 0 Å². The predicted octanol–water partition coefficient (Wildman–Crippen LogP) is 6.00. The molecule has 3 rings (SSSR count). The number of rotatable bonds is 9. The summed E-state index contributed by atoms with van der Waals surface area (Å²) in [5.74, 6) is 0.418. The van der Waals surface area contributed by atoms with Gasteiger partial charge in [-0.2, -0.15) is 0 Å². The molecule has 1 unspecified atom stereocenters. The lowest BCUT2D eigenvalue weighted by molar-refractivity contribution is -0.122. The van der Waals surface area contributed by atoms with Crippen LogP contribution < -0.4 is 20.1 Å². The molecular weight excluding hydrogens is 460 g/mol. The molecule has 8 nitrogen and oxygen atoms in total. The highest BCUT2D eigenvalue weighted by Gasteiger charge is 2.19. The molecule has 3 aromatic carbocycles. The molecule has 0 aliphatic rings. The summed E-state index contributed by atoms with van der Waals surface area (Å²) < 4.78 is 15.7. The Labute approximate surface area is 210 Å². The minimum Gasteiger partial charge on any atom is -0.481 e. The second-order valence-corrected chi connectivity index (χ2v) is 8.25. The number of nitrogens with one attached hydrogen (secondary N) is 2. The lowest BCUT2D eigenvalue weighted by Crippen LogP contribution is -2.31. The van der Waals surface area contributed by atoms with Crippen LogP contribution in [0.4, 0.5) is 16.2 Å². The SMILES string of the molecule is CCOC(=O)Oc1ccc(C(=O)Nc2ccccc2NC(=O)C(C)Oc2ccccc2C(C)C)cc1. The van der Waals surface area contributed by atoms with Crippen LogP contribution in [-0.2, 0) is 9.53 Å². The lowest BCUT2D eigenvalue weighted by Gasteiger charge is -2.19. The predicted molar refractivity (Wildman–Crippen MR) is 138 cm³/mol. The van der Waals surface area contributed by atoms with E-state index in [4.69, 9.17) is 14.2 Å². The molecule has 2 amide bonds. The number of amides is 2. The highest BCUT2D eigenvalue weighted by atomic mass is 16.7. The Bertz CT molecular complexity index is 1210. The zero-order chi connectivity index (χ0) is 26.1. The van der Waals surface area contributed by atoms with Crippen molar-refractivity contribution >= 4 is 29.3 Å². The third kappa shape index (κ3) is 7.09. The number of anilines is 2. The van der Waals surface area contributed by atoms with Gasteiger partial charge in [0.2, 0.25) is 0 Å². The molecule has 0 heterocycles. The lowest BCUT2D eigenvalue weighted by atomic mass is 10.0. The van der Waals surface area contributed by atoms with Crippen LogP contribution in [0.5, 0.6) is 11.5 Å². The minimum absolute atomic E-state index is 0.200. The summed E-state index contributed by atoms with van der Waals surface area (Å²) in [7, 11) is 0. The molecule has 0 radical (unpaired) electrons. The van der Waals surface area contributed by atoms with E-state index < -0.39 is 18.2 Å². The molecule has 0 aliphatic carbocycles. The zero-order valence-corrected chi connectivity index (χ0v) is 20.7. The number of benzene rings is 3. The minimum atomic E-state index is -0.815. The van der Waals surface area contributed by atoms with Gasteiger partial charge >= 0.3 is 6.16 Å². The third-order valence-corrected chi connectivity index (χ3v) is 5.23. The highest BCUT2D eigenvalue weighted by molar-refractivity contribution is 6.07. The molecule has 0 spiro atoms. The molecule has 0 aromatic heterocycles. The van der Waals surface area contributed by atoms with Crippen molar-refractivity contribution in [2.24, 2.45) is 0 Å². The van der Waals surface area contributed by atoms with Crippen molar-refractivity contribution in [1.29, 1.82) is 0 Å². The molecule has 0 bridgehead atoms. The van der Waals surface area contributed by atoms with Crippen molar-refractivity contribution < 1.29 is 28.6 Å². The first-order valence-corrected chi connectivity index (χ1v) is 11.7. The molecule has 0 aliphatic heterocycles. The van der Waals surface area contributed by atoms with Gasteiger partial charge in [-0.1, -0.05) is 44.2 Å². The maximum atomic E-state index is 12.9. The topological polar surface area (TPSA) is 103 Å². The largest absolute Gasteiger partial charge is 0.513 e. The van der Waals surface area contributed by atoms with E-state index in [9.17, 15) is 14.4 Å². The van der Waals surface area contributed by atoms with Crippen LogP contribution in [-0.4, -0.2) is 30.7 Å². The average Bonchev–Trinajstić information content (AvgIpc) is 2.86. The monoisotopic (exact) mass is 490 g/mol. The molecule has 3 aromatic rings. The van der Waals surface area contributed by atoms with Gasteiger partial charge in [0.15, 0.2) is 6.10 Å². The van der Waals surface area contributed by atoms with Crippen molar-refractivity contribution in [3.05, 3.63) is 83.9 Å². The molecule has 188 valence electrons. The van der Waals surface area contributed by atoms with E-state index in [0.29, 0.717) is 22.7 Å². The average molecular weight is 491 g/mol. The van der Waals surface area contributed by atoms with Gasteiger partial charge in [0.05, 0.1) is 18.0 Å². The van der Waals surface area contributed by atoms with Crippen molar-refractivity contribution in [2.75, 3.05) is 17.2 Å². The Morgan fingerprint density at radius 3 is 2.06 bits per heavy atom.